The molecule has 1 aliphatic rings. The summed E-state index contributed by atoms with van der Waals surface area (Å²) in [5.74, 6) is 0.559. The third-order valence-corrected chi connectivity index (χ3v) is 4.59. The molecule has 2 rings (SSSR count). The lowest BCUT2D eigenvalue weighted by Crippen LogP contribution is -2.46. The molecule has 0 saturated carbocycles. The van der Waals surface area contributed by atoms with Crippen molar-refractivity contribution in [3.8, 4) is 0 Å². The average molecular weight is 325 g/mol. The Morgan fingerprint density at radius 3 is 2.74 bits per heavy atom. The number of amides is 1. The molecule has 0 aromatic heterocycles. The van der Waals surface area contributed by atoms with Crippen molar-refractivity contribution in [2.24, 2.45) is 5.92 Å². The van der Waals surface area contributed by atoms with Gasteiger partial charge in [0.1, 0.15) is 0 Å². The fourth-order valence-electron chi connectivity index (χ4n) is 2.94. The molecule has 19 heavy (non-hydrogen) atoms. The van der Waals surface area contributed by atoms with Crippen LogP contribution >= 0.6 is 15.9 Å². The number of halogens is 1. The van der Waals surface area contributed by atoms with Gasteiger partial charge in [0.15, 0.2) is 0 Å². The van der Waals surface area contributed by atoms with Crippen LogP contribution in [0, 0.1) is 12.8 Å². The summed E-state index contributed by atoms with van der Waals surface area (Å²) in [7, 11) is 1.94. The van der Waals surface area contributed by atoms with Crippen LogP contribution in [0.2, 0.25) is 0 Å². The molecule has 1 unspecified atom stereocenters. The second kappa shape index (κ2) is 5.25. The van der Waals surface area contributed by atoms with Crippen LogP contribution in [0.25, 0.3) is 0 Å². The maximum atomic E-state index is 12.4. The maximum Gasteiger partial charge on any atom is 0.227 e. The predicted molar refractivity (Wildman–Crippen MR) is 82.5 cm³/mol. The molecule has 1 atom stereocenters. The van der Waals surface area contributed by atoms with E-state index in [1.165, 1.54) is 0 Å². The highest BCUT2D eigenvalue weighted by Crippen LogP contribution is 2.40. The number of hydrogen-bond donors (Lipinski definition) is 1. The summed E-state index contributed by atoms with van der Waals surface area (Å²) in [6.45, 7) is 7.22. The number of anilines is 1. The Morgan fingerprint density at radius 1 is 1.47 bits per heavy atom. The number of aryl methyl sites for hydroxylation is 1. The van der Waals surface area contributed by atoms with Gasteiger partial charge in [0.2, 0.25) is 5.91 Å². The minimum Gasteiger partial charge on any atom is -0.319 e. The summed E-state index contributed by atoms with van der Waals surface area (Å²) in [5.41, 5.74) is 2.00. The van der Waals surface area contributed by atoms with Crippen molar-refractivity contribution in [2.75, 3.05) is 18.5 Å². The van der Waals surface area contributed by atoms with E-state index in [4.69, 9.17) is 0 Å². The molecule has 104 valence electrons. The van der Waals surface area contributed by atoms with Gasteiger partial charge in [-0.3, -0.25) is 4.79 Å². The van der Waals surface area contributed by atoms with Crippen LogP contribution in [0.3, 0.4) is 0 Å². The van der Waals surface area contributed by atoms with Gasteiger partial charge in [0.05, 0.1) is 0 Å². The van der Waals surface area contributed by atoms with E-state index >= 15 is 0 Å². The van der Waals surface area contributed by atoms with E-state index in [2.05, 4.69) is 48.1 Å². The summed E-state index contributed by atoms with van der Waals surface area (Å²) < 4.78 is 1.05. The summed E-state index contributed by atoms with van der Waals surface area (Å²) >= 11 is 3.47. The molecular weight excluding hydrogens is 304 g/mol. The van der Waals surface area contributed by atoms with Crippen LogP contribution in [0.1, 0.15) is 25.8 Å². The van der Waals surface area contributed by atoms with Crippen LogP contribution < -0.4 is 10.2 Å². The van der Waals surface area contributed by atoms with Gasteiger partial charge in [0, 0.05) is 34.6 Å². The van der Waals surface area contributed by atoms with Gasteiger partial charge in [-0.25, -0.2) is 0 Å². The summed E-state index contributed by atoms with van der Waals surface area (Å²) in [6, 6.07) is 6.09. The number of rotatable bonds is 3. The zero-order valence-electron chi connectivity index (χ0n) is 12.0. The van der Waals surface area contributed by atoms with Crippen LogP contribution in [0.5, 0.6) is 0 Å². The summed E-state index contributed by atoms with van der Waals surface area (Å²) in [4.78, 5) is 14.4. The predicted octanol–water partition coefficient (Wildman–Crippen LogP) is 3.11. The van der Waals surface area contributed by atoms with Crippen molar-refractivity contribution in [1.82, 2.24) is 5.32 Å². The van der Waals surface area contributed by atoms with Crippen molar-refractivity contribution in [2.45, 2.75) is 32.7 Å². The largest absolute Gasteiger partial charge is 0.319 e. The molecule has 1 aromatic rings. The van der Waals surface area contributed by atoms with Crippen LogP contribution in [0.4, 0.5) is 5.69 Å². The molecular formula is C15H21BrN2O. The van der Waals surface area contributed by atoms with E-state index in [-0.39, 0.29) is 11.4 Å². The standard InChI is InChI=1S/C15H21BrN2O/c1-10-7-12(16)5-6-13(10)18-14(19)8-11(9-17-4)15(18,2)3/h5-7,11,17H,8-9H2,1-4H3. The average Bonchev–Trinajstić information content (AvgIpc) is 2.52. The van der Waals surface area contributed by atoms with Gasteiger partial charge in [0.25, 0.3) is 0 Å². The maximum absolute atomic E-state index is 12.4. The molecule has 1 aliphatic heterocycles. The molecule has 0 spiro atoms. The minimum absolute atomic E-state index is 0.154. The number of hydrogen-bond acceptors (Lipinski definition) is 2. The number of carbonyl (C=O) groups excluding carboxylic acids is 1. The summed E-state index contributed by atoms with van der Waals surface area (Å²) in [5, 5.41) is 3.20. The number of nitrogens with one attached hydrogen (secondary N) is 1. The van der Waals surface area contributed by atoms with Gasteiger partial charge in [-0.15, -0.1) is 0 Å². The topological polar surface area (TPSA) is 32.3 Å². The fourth-order valence-corrected chi connectivity index (χ4v) is 3.41. The molecule has 1 amide bonds. The minimum atomic E-state index is -0.154. The van der Waals surface area contributed by atoms with Gasteiger partial charge < -0.3 is 10.2 Å². The van der Waals surface area contributed by atoms with E-state index in [0.717, 1.165) is 22.3 Å². The van der Waals surface area contributed by atoms with Gasteiger partial charge in [-0.05, 0) is 51.6 Å². The first-order valence-corrected chi connectivity index (χ1v) is 7.41. The highest BCUT2D eigenvalue weighted by atomic mass is 79.9. The van der Waals surface area contributed by atoms with Crippen LogP contribution in [-0.4, -0.2) is 25.0 Å². The zero-order chi connectivity index (χ0) is 14.2. The summed E-state index contributed by atoms with van der Waals surface area (Å²) in [6.07, 6.45) is 0.614. The van der Waals surface area contributed by atoms with E-state index in [1.54, 1.807) is 0 Å². The highest BCUT2D eigenvalue weighted by molar-refractivity contribution is 9.10. The number of carbonyl (C=O) groups is 1. The van der Waals surface area contributed by atoms with E-state index in [1.807, 2.05) is 24.1 Å². The molecule has 0 bridgehead atoms. The third kappa shape index (κ3) is 2.56. The Balaban J connectivity index is 2.40. The highest BCUT2D eigenvalue weighted by Gasteiger charge is 2.46. The monoisotopic (exact) mass is 324 g/mol. The SMILES string of the molecule is CNCC1CC(=O)N(c2ccc(Br)cc2C)C1(C)C. The molecule has 3 nitrogen and oxygen atoms in total. The quantitative estimate of drug-likeness (QED) is 0.926. The van der Waals surface area contributed by atoms with E-state index in [0.29, 0.717) is 12.3 Å². The normalized spacial score (nSPS) is 22.1. The van der Waals surface area contributed by atoms with Crippen molar-refractivity contribution < 1.29 is 4.79 Å². The second-order valence-corrected chi connectivity index (χ2v) is 6.69. The van der Waals surface area contributed by atoms with Crippen molar-refractivity contribution in [1.29, 1.82) is 0 Å². The Labute approximate surface area is 123 Å². The first-order chi connectivity index (χ1) is 8.87. The van der Waals surface area contributed by atoms with Crippen molar-refractivity contribution >= 4 is 27.5 Å². The Morgan fingerprint density at radius 2 is 2.16 bits per heavy atom. The zero-order valence-corrected chi connectivity index (χ0v) is 13.5. The molecule has 4 heteroatoms. The van der Waals surface area contributed by atoms with E-state index in [9.17, 15) is 4.79 Å². The second-order valence-electron chi connectivity index (χ2n) is 5.77. The molecule has 1 aromatic carbocycles. The lowest BCUT2D eigenvalue weighted by molar-refractivity contribution is -0.117. The van der Waals surface area contributed by atoms with Gasteiger partial charge in [-0.1, -0.05) is 15.9 Å². The van der Waals surface area contributed by atoms with Gasteiger partial charge in [-0.2, -0.15) is 0 Å². The Hall–Kier alpha value is -0.870. The number of benzene rings is 1. The smallest absolute Gasteiger partial charge is 0.227 e. The third-order valence-electron chi connectivity index (χ3n) is 4.10. The van der Waals surface area contributed by atoms with Crippen LogP contribution in [0.15, 0.2) is 22.7 Å². The molecule has 1 N–H and O–H groups in total. The van der Waals surface area contributed by atoms with Crippen LogP contribution in [-0.2, 0) is 4.79 Å². The Bertz CT molecular complexity index is 499. The Kier molecular flexibility index (Phi) is 4.02. The lowest BCUT2D eigenvalue weighted by atomic mass is 9.88. The number of nitrogens with zero attached hydrogens (tertiary/aromatic N) is 1. The molecule has 0 aliphatic carbocycles. The fraction of sp³-hybridized carbons (Fsp3) is 0.533. The van der Waals surface area contributed by atoms with E-state index < -0.39 is 0 Å². The van der Waals surface area contributed by atoms with Crippen molar-refractivity contribution in [3.63, 3.8) is 0 Å². The molecule has 0 radical (unpaired) electrons. The molecule has 1 fully saturated rings. The molecule has 1 heterocycles. The molecule has 1 saturated heterocycles. The lowest BCUT2D eigenvalue weighted by Gasteiger charge is -2.36. The first-order valence-electron chi connectivity index (χ1n) is 6.61. The van der Waals surface area contributed by atoms with Gasteiger partial charge >= 0.3 is 0 Å². The first kappa shape index (κ1) is 14.5. The van der Waals surface area contributed by atoms with Crippen molar-refractivity contribution in [3.05, 3.63) is 28.2 Å².